The van der Waals surface area contributed by atoms with Crippen LogP contribution in [0.15, 0.2) is 34.9 Å². The fourth-order valence-corrected chi connectivity index (χ4v) is 4.68. The van der Waals surface area contributed by atoms with Crippen LogP contribution in [0.1, 0.15) is 60.6 Å². The fraction of sp³-hybridized carbons (Fsp3) is 0.500. The van der Waals surface area contributed by atoms with E-state index >= 15 is 0 Å². The number of nitrogens with one attached hydrogen (secondary N) is 1. The van der Waals surface area contributed by atoms with E-state index in [1.807, 2.05) is 20.0 Å². The highest BCUT2D eigenvalue weighted by atomic mass is 79.9. The maximum absolute atomic E-state index is 4.89. The van der Waals surface area contributed by atoms with Gasteiger partial charge in [-0.25, -0.2) is 0 Å². The Balaban J connectivity index is 0.000000880. The zero-order chi connectivity index (χ0) is 17.8. The highest BCUT2D eigenvalue weighted by Crippen LogP contribution is 2.42. The van der Waals surface area contributed by atoms with Gasteiger partial charge in [0, 0.05) is 16.6 Å². The van der Waals surface area contributed by atoms with Crippen LogP contribution in [0.4, 0.5) is 0 Å². The summed E-state index contributed by atoms with van der Waals surface area (Å²) in [6.07, 6.45) is 6.69. The molecule has 1 fully saturated rings. The lowest BCUT2D eigenvalue weighted by atomic mass is 9.76. The molecule has 25 heavy (non-hydrogen) atoms. The number of hydrogen-bond acceptors (Lipinski definition) is 2. The van der Waals surface area contributed by atoms with Gasteiger partial charge in [-0.05, 0) is 90.3 Å². The predicted molar refractivity (Wildman–Crippen MR) is 109 cm³/mol. The van der Waals surface area contributed by atoms with E-state index in [-0.39, 0.29) is 0 Å². The van der Waals surface area contributed by atoms with Gasteiger partial charge in [0.2, 0.25) is 0 Å². The van der Waals surface area contributed by atoms with Crippen molar-refractivity contribution in [1.29, 1.82) is 0 Å². The van der Waals surface area contributed by atoms with Crippen LogP contribution in [0.3, 0.4) is 0 Å². The third kappa shape index (κ3) is 3.98. The highest BCUT2D eigenvalue weighted by Gasteiger charge is 2.32. The number of hydrogen-bond donors (Lipinski definition) is 1. The predicted octanol–water partition coefficient (Wildman–Crippen LogP) is 5.41. The highest BCUT2D eigenvalue weighted by molar-refractivity contribution is 9.10. The van der Waals surface area contributed by atoms with Gasteiger partial charge >= 0.3 is 0 Å². The lowest BCUT2D eigenvalue weighted by Crippen LogP contribution is -2.32. The molecule has 0 bridgehead atoms. The number of rotatable bonds is 1. The Bertz CT molecular complexity index is 666. The number of piperidine rings is 1. The Hall–Kier alpha value is -1.19. The van der Waals surface area contributed by atoms with Gasteiger partial charge in [0.1, 0.15) is 0 Å². The maximum Gasteiger partial charge on any atom is 0.0514 e. The van der Waals surface area contributed by atoms with Crippen LogP contribution in [-0.2, 0) is 12.8 Å². The molecule has 2 heterocycles. The molecule has 1 atom stereocenters. The van der Waals surface area contributed by atoms with E-state index in [1.165, 1.54) is 40.8 Å². The van der Waals surface area contributed by atoms with Crippen LogP contribution in [-0.4, -0.2) is 18.1 Å². The molecule has 1 aliphatic heterocycles. The summed E-state index contributed by atoms with van der Waals surface area (Å²) in [4.78, 5) is 4.89. The molecule has 1 aromatic heterocycles. The molecule has 1 N–H and O–H groups in total. The first-order valence-electron chi connectivity index (χ1n) is 9.67. The molecule has 0 saturated carbocycles. The smallest absolute Gasteiger partial charge is 0.0514 e. The minimum Gasteiger partial charge on any atom is -0.317 e. The molecule has 134 valence electrons. The van der Waals surface area contributed by atoms with Crippen LogP contribution >= 0.6 is 15.9 Å². The Morgan fingerprint density at radius 1 is 1.04 bits per heavy atom. The first kappa shape index (κ1) is 18.6. The number of halogens is 1. The second kappa shape index (κ2) is 8.46. The van der Waals surface area contributed by atoms with Crippen molar-refractivity contribution in [2.45, 2.75) is 52.4 Å². The number of aryl methyl sites for hydroxylation is 3. The Kier molecular flexibility index (Phi) is 6.29. The Morgan fingerprint density at radius 2 is 1.76 bits per heavy atom. The third-order valence-corrected chi connectivity index (χ3v) is 5.85. The van der Waals surface area contributed by atoms with E-state index in [4.69, 9.17) is 4.98 Å². The second-order valence-corrected chi connectivity index (χ2v) is 7.88. The molecule has 2 aliphatic rings. The average Bonchev–Trinajstić information content (AvgIpc) is 2.80. The van der Waals surface area contributed by atoms with Gasteiger partial charge in [-0.15, -0.1) is 0 Å². The lowest BCUT2D eigenvalue weighted by Gasteiger charge is -2.32. The molecule has 0 amide bonds. The third-order valence-electron chi connectivity index (χ3n) is 5.42. The average molecular weight is 401 g/mol. The molecule has 4 rings (SSSR count). The van der Waals surface area contributed by atoms with Gasteiger partial charge in [0.25, 0.3) is 0 Å². The summed E-state index contributed by atoms with van der Waals surface area (Å²) in [5.74, 6) is 1.15. The molecule has 3 heteroatoms. The van der Waals surface area contributed by atoms with E-state index in [2.05, 4.69) is 52.4 Å². The van der Waals surface area contributed by atoms with Crippen molar-refractivity contribution in [3.63, 3.8) is 0 Å². The lowest BCUT2D eigenvalue weighted by molar-refractivity contribution is 0.338. The number of aromatic nitrogens is 1. The number of nitrogens with zero attached hydrogens (tertiary/aromatic N) is 1. The summed E-state index contributed by atoms with van der Waals surface area (Å²) < 4.78 is 1.10. The van der Waals surface area contributed by atoms with E-state index in [9.17, 15) is 0 Å². The largest absolute Gasteiger partial charge is 0.317 e. The zero-order valence-electron chi connectivity index (χ0n) is 15.6. The SMILES string of the molecule is CC.Cc1ccc2c(c1)CCc1cc(Br)cnc1C2C1CCNCC1. The Labute approximate surface area is 160 Å². The van der Waals surface area contributed by atoms with Gasteiger partial charge in [0.05, 0.1) is 5.69 Å². The monoisotopic (exact) mass is 400 g/mol. The van der Waals surface area contributed by atoms with Gasteiger partial charge in [-0.1, -0.05) is 37.6 Å². The van der Waals surface area contributed by atoms with Gasteiger partial charge in [0.15, 0.2) is 0 Å². The van der Waals surface area contributed by atoms with Gasteiger partial charge in [-0.3, -0.25) is 4.98 Å². The first-order chi connectivity index (χ1) is 12.2. The summed E-state index contributed by atoms with van der Waals surface area (Å²) in [6.45, 7) is 8.47. The van der Waals surface area contributed by atoms with Crippen LogP contribution in [0.2, 0.25) is 0 Å². The molecular formula is C22H29BrN2. The van der Waals surface area contributed by atoms with Crippen LogP contribution in [0, 0.1) is 12.8 Å². The van der Waals surface area contributed by atoms with Crippen molar-refractivity contribution in [2.75, 3.05) is 13.1 Å². The van der Waals surface area contributed by atoms with E-state index in [0.717, 1.165) is 30.4 Å². The van der Waals surface area contributed by atoms with Crippen LogP contribution < -0.4 is 5.32 Å². The van der Waals surface area contributed by atoms with E-state index in [1.54, 1.807) is 0 Å². The molecule has 1 unspecified atom stereocenters. The van der Waals surface area contributed by atoms with Crippen molar-refractivity contribution < 1.29 is 0 Å². The molecule has 2 aromatic rings. The fourth-order valence-electron chi connectivity index (χ4n) is 4.30. The van der Waals surface area contributed by atoms with E-state index < -0.39 is 0 Å². The van der Waals surface area contributed by atoms with Crippen molar-refractivity contribution in [3.05, 3.63) is 62.9 Å². The summed E-state index contributed by atoms with van der Waals surface area (Å²) in [7, 11) is 0. The molecule has 1 saturated heterocycles. The molecule has 2 nitrogen and oxygen atoms in total. The summed E-state index contributed by atoms with van der Waals surface area (Å²) in [6, 6.07) is 9.33. The number of pyridine rings is 1. The summed E-state index contributed by atoms with van der Waals surface area (Å²) >= 11 is 3.61. The van der Waals surface area contributed by atoms with E-state index in [0.29, 0.717) is 11.8 Å². The molecule has 1 aromatic carbocycles. The van der Waals surface area contributed by atoms with Gasteiger partial charge in [-0.2, -0.15) is 0 Å². The topological polar surface area (TPSA) is 24.9 Å². The normalized spacial score (nSPS) is 19.9. The van der Waals surface area contributed by atoms with Crippen molar-refractivity contribution in [2.24, 2.45) is 5.92 Å². The second-order valence-electron chi connectivity index (χ2n) is 6.97. The minimum atomic E-state index is 0.457. The quantitative estimate of drug-likeness (QED) is 0.691. The van der Waals surface area contributed by atoms with Crippen molar-refractivity contribution >= 4 is 15.9 Å². The summed E-state index contributed by atoms with van der Waals surface area (Å²) in [5.41, 5.74) is 7.17. The molecule has 0 spiro atoms. The van der Waals surface area contributed by atoms with Crippen LogP contribution in [0.5, 0.6) is 0 Å². The summed E-state index contributed by atoms with van der Waals surface area (Å²) in [5, 5.41) is 3.51. The molecule has 1 aliphatic carbocycles. The Morgan fingerprint density at radius 3 is 2.52 bits per heavy atom. The van der Waals surface area contributed by atoms with Crippen molar-refractivity contribution in [3.8, 4) is 0 Å². The molecular weight excluding hydrogens is 372 g/mol. The standard InChI is InChI=1S/C20H23BrN2.C2H6/c1-13-2-5-18-15(10-13)3-4-16-11-17(21)12-23-20(16)19(18)14-6-8-22-9-7-14;1-2/h2,5,10-12,14,19,22H,3-4,6-9H2,1H3;1-2H3. The minimum absolute atomic E-state index is 0.457. The first-order valence-corrected chi connectivity index (χ1v) is 10.5. The van der Waals surface area contributed by atoms with Gasteiger partial charge < -0.3 is 5.32 Å². The molecule has 0 radical (unpaired) electrons. The van der Waals surface area contributed by atoms with Crippen molar-refractivity contribution in [1.82, 2.24) is 10.3 Å². The van der Waals surface area contributed by atoms with Crippen LogP contribution in [0.25, 0.3) is 0 Å². The number of benzene rings is 1. The maximum atomic E-state index is 4.89. The number of fused-ring (bicyclic) bond motifs is 2. The zero-order valence-corrected chi connectivity index (χ0v) is 17.2.